The van der Waals surface area contributed by atoms with E-state index in [2.05, 4.69) is 15.0 Å². The minimum atomic E-state index is -0.422. The molecule has 1 saturated heterocycles. The second-order valence-electron chi connectivity index (χ2n) is 4.40. The highest BCUT2D eigenvalue weighted by Crippen LogP contribution is 2.29. The fourth-order valence-corrected chi connectivity index (χ4v) is 2.48. The van der Waals surface area contributed by atoms with E-state index in [1.54, 1.807) is 12.1 Å². The van der Waals surface area contributed by atoms with Gasteiger partial charge in [-0.1, -0.05) is 11.6 Å². The molecule has 2 rings (SSSR count). The van der Waals surface area contributed by atoms with Crippen LogP contribution < -0.4 is 10.2 Å². The molecule has 5 nitrogen and oxygen atoms in total. The summed E-state index contributed by atoms with van der Waals surface area (Å²) >= 11 is 6.16. The van der Waals surface area contributed by atoms with E-state index < -0.39 is 6.09 Å². The van der Waals surface area contributed by atoms with Gasteiger partial charge in [-0.3, -0.25) is 4.79 Å². The molecule has 6 heteroatoms. The van der Waals surface area contributed by atoms with E-state index in [0.717, 1.165) is 24.9 Å². The third-order valence-electron chi connectivity index (χ3n) is 3.14. The van der Waals surface area contributed by atoms with Crippen LogP contribution in [0.25, 0.3) is 0 Å². The van der Waals surface area contributed by atoms with Gasteiger partial charge < -0.3 is 15.0 Å². The Balaban J connectivity index is 2.04. The van der Waals surface area contributed by atoms with Gasteiger partial charge in [0.2, 0.25) is 0 Å². The van der Waals surface area contributed by atoms with Gasteiger partial charge >= 0.3 is 6.09 Å². The average Bonchev–Trinajstić information content (AvgIpc) is 2.86. The summed E-state index contributed by atoms with van der Waals surface area (Å²) in [6, 6.07) is 5.25. The van der Waals surface area contributed by atoms with Gasteiger partial charge in [-0.05, 0) is 24.6 Å². The maximum absolute atomic E-state index is 11.1. The number of carbonyl (C=O) groups is 2. The molecule has 102 valence electrons. The van der Waals surface area contributed by atoms with Crippen LogP contribution in [0.5, 0.6) is 0 Å². The quantitative estimate of drug-likeness (QED) is 0.863. The first-order valence-electron chi connectivity index (χ1n) is 5.98. The van der Waals surface area contributed by atoms with Crippen LogP contribution in [-0.2, 0) is 4.74 Å². The largest absolute Gasteiger partial charge is 0.453 e. The molecule has 0 spiro atoms. The van der Waals surface area contributed by atoms with Crippen molar-refractivity contribution in [3.8, 4) is 0 Å². The van der Waals surface area contributed by atoms with Gasteiger partial charge in [-0.25, -0.2) is 4.79 Å². The molecule has 0 saturated carbocycles. The number of ether oxygens (including phenoxy) is 1. The molecule has 1 aromatic carbocycles. The van der Waals surface area contributed by atoms with Crippen molar-refractivity contribution >= 4 is 29.7 Å². The van der Waals surface area contributed by atoms with Crippen LogP contribution in [0.4, 0.5) is 10.5 Å². The summed E-state index contributed by atoms with van der Waals surface area (Å²) in [5.41, 5.74) is 1.43. The van der Waals surface area contributed by atoms with E-state index in [1.165, 1.54) is 7.11 Å². The molecule has 0 aromatic heterocycles. The van der Waals surface area contributed by atoms with Crippen molar-refractivity contribution in [3.63, 3.8) is 0 Å². The Bertz CT molecular complexity index is 493. The number of hydrogen-bond acceptors (Lipinski definition) is 4. The van der Waals surface area contributed by atoms with Crippen molar-refractivity contribution < 1.29 is 14.3 Å². The first kappa shape index (κ1) is 13.7. The summed E-state index contributed by atoms with van der Waals surface area (Å²) in [5, 5.41) is 3.31. The van der Waals surface area contributed by atoms with Gasteiger partial charge in [-0.15, -0.1) is 0 Å². The molecule has 0 bridgehead atoms. The lowest BCUT2D eigenvalue weighted by Gasteiger charge is -2.20. The van der Waals surface area contributed by atoms with Gasteiger partial charge in [0.25, 0.3) is 0 Å². The molecule has 1 amide bonds. The molecule has 1 atom stereocenters. The lowest BCUT2D eigenvalue weighted by atomic mass is 10.2. The van der Waals surface area contributed by atoms with Gasteiger partial charge in [0, 0.05) is 18.7 Å². The molecule has 0 radical (unpaired) electrons. The van der Waals surface area contributed by atoms with E-state index >= 15 is 0 Å². The van der Waals surface area contributed by atoms with E-state index in [9.17, 15) is 9.59 Å². The van der Waals surface area contributed by atoms with Crippen LogP contribution in [-0.4, -0.2) is 38.6 Å². The van der Waals surface area contributed by atoms with Crippen LogP contribution in [0.2, 0.25) is 5.02 Å². The fourth-order valence-electron chi connectivity index (χ4n) is 2.18. The van der Waals surface area contributed by atoms with Crippen LogP contribution in [0.3, 0.4) is 0 Å². The molecule has 1 aromatic rings. The number of hydrogen-bond donors (Lipinski definition) is 1. The summed E-state index contributed by atoms with van der Waals surface area (Å²) in [5.74, 6) is 0. The number of benzene rings is 1. The number of amides is 1. The number of halogens is 1. The van der Waals surface area contributed by atoms with Crippen molar-refractivity contribution in [3.05, 3.63) is 28.8 Å². The summed E-state index contributed by atoms with van der Waals surface area (Å²) in [4.78, 5) is 23.9. The smallest absolute Gasteiger partial charge is 0.407 e. The summed E-state index contributed by atoms with van der Waals surface area (Å²) in [6.45, 7) is 1.48. The molecule has 1 fully saturated rings. The predicted molar refractivity (Wildman–Crippen MR) is 73.0 cm³/mol. The molecule has 0 aliphatic carbocycles. The maximum atomic E-state index is 11.1. The Kier molecular flexibility index (Phi) is 4.27. The Labute approximate surface area is 116 Å². The topological polar surface area (TPSA) is 58.6 Å². The van der Waals surface area contributed by atoms with Crippen LogP contribution in [0, 0.1) is 0 Å². The summed E-state index contributed by atoms with van der Waals surface area (Å²) < 4.78 is 4.57. The summed E-state index contributed by atoms with van der Waals surface area (Å²) in [6.07, 6.45) is 1.18. The highest BCUT2D eigenvalue weighted by atomic mass is 35.5. The molecule has 1 aliphatic heterocycles. The zero-order valence-corrected chi connectivity index (χ0v) is 11.3. The van der Waals surface area contributed by atoms with E-state index in [1.807, 2.05) is 6.07 Å². The fraction of sp³-hybridized carbons (Fsp3) is 0.385. The zero-order valence-electron chi connectivity index (χ0n) is 10.6. The van der Waals surface area contributed by atoms with E-state index in [4.69, 9.17) is 11.6 Å². The van der Waals surface area contributed by atoms with Gasteiger partial charge in [0.15, 0.2) is 0 Å². The SMILES string of the molecule is COC(=O)NC1CCN(c2ccc(C=O)cc2Cl)C1. The molecule has 1 aliphatic rings. The average molecular weight is 283 g/mol. The number of nitrogens with zero attached hydrogens (tertiary/aromatic N) is 1. The van der Waals surface area contributed by atoms with Gasteiger partial charge in [0.05, 0.1) is 23.9 Å². The number of aldehydes is 1. The minimum Gasteiger partial charge on any atom is -0.453 e. The Hall–Kier alpha value is -1.75. The molecule has 1 unspecified atom stereocenters. The number of alkyl carbamates (subject to hydrolysis) is 1. The standard InChI is InChI=1S/C13H15ClN2O3/c1-19-13(18)15-10-4-5-16(7-10)12-3-2-9(8-17)6-11(12)14/h2-3,6,8,10H,4-5,7H2,1H3,(H,15,18). The van der Waals surface area contributed by atoms with Crippen molar-refractivity contribution in [2.24, 2.45) is 0 Å². The van der Waals surface area contributed by atoms with Crippen molar-refractivity contribution in [1.82, 2.24) is 5.32 Å². The van der Waals surface area contributed by atoms with Crippen LogP contribution >= 0.6 is 11.6 Å². The molecular formula is C13H15ClN2O3. The summed E-state index contributed by atoms with van der Waals surface area (Å²) in [7, 11) is 1.34. The monoisotopic (exact) mass is 282 g/mol. The van der Waals surface area contributed by atoms with E-state index in [-0.39, 0.29) is 6.04 Å². The van der Waals surface area contributed by atoms with E-state index in [0.29, 0.717) is 17.1 Å². The number of methoxy groups -OCH3 is 1. The minimum absolute atomic E-state index is 0.0502. The predicted octanol–water partition coefficient (Wildman–Crippen LogP) is 2.09. The number of nitrogens with one attached hydrogen (secondary N) is 1. The number of carbonyl (C=O) groups excluding carboxylic acids is 2. The second-order valence-corrected chi connectivity index (χ2v) is 4.80. The third kappa shape index (κ3) is 3.17. The Morgan fingerprint density at radius 1 is 1.58 bits per heavy atom. The Morgan fingerprint density at radius 2 is 2.37 bits per heavy atom. The zero-order chi connectivity index (χ0) is 13.8. The van der Waals surface area contributed by atoms with Crippen LogP contribution in [0.1, 0.15) is 16.8 Å². The highest BCUT2D eigenvalue weighted by Gasteiger charge is 2.25. The number of rotatable bonds is 3. The lowest BCUT2D eigenvalue weighted by molar-refractivity contribution is 0.112. The first-order chi connectivity index (χ1) is 9.13. The molecule has 19 heavy (non-hydrogen) atoms. The van der Waals surface area contributed by atoms with Crippen molar-refractivity contribution in [2.75, 3.05) is 25.1 Å². The Morgan fingerprint density at radius 3 is 3.00 bits per heavy atom. The number of anilines is 1. The maximum Gasteiger partial charge on any atom is 0.407 e. The van der Waals surface area contributed by atoms with Gasteiger partial charge in [0.1, 0.15) is 6.29 Å². The lowest BCUT2D eigenvalue weighted by Crippen LogP contribution is -2.37. The molecule has 1 N–H and O–H groups in total. The van der Waals surface area contributed by atoms with Crippen LogP contribution in [0.15, 0.2) is 18.2 Å². The second kappa shape index (κ2) is 5.93. The highest BCUT2D eigenvalue weighted by molar-refractivity contribution is 6.33. The van der Waals surface area contributed by atoms with Gasteiger partial charge in [-0.2, -0.15) is 0 Å². The first-order valence-corrected chi connectivity index (χ1v) is 6.36. The third-order valence-corrected chi connectivity index (χ3v) is 3.45. The van der Waals surface area contributed by atoms with Crippen molar-refractivity contribution in [2.45, 2.75) is 12.5 Å². The molecular weight excluding hydrogens is 268 g/mol. The normalized spacial score (nSPS) is 18.2. The molecule has 1 heterocycles. The van der Waals surface area contributed by atoms with Crippen molar-refractivity contribution in [1.29, 1.82) is 0 Å².